The summed E-state index contributed by atoms with van der Waals surface area (Å²) in [7, 11) is 0. The maximum atomic E-state index is 13.9. The molecule has 0 saturated heterocycles. The minimum Gasteiger partial charge on any atom is -0.271 e. The number of hydrazine groups is 1. The lowest BCUT2D eigenvalue weighted by Gasteiger charge is -2.19. The zero-order chi connectivity index (χ0) is 14.0. The highest BCUT2D eigenvalue weighted by Crippen LogP contribution is 2.30. The van der Waals surface area contributed by atoms with Crippen LogP contribution in [0.15, 0.2) is 24.4 Å². The Balaban J connectivity index is 2.56. The van der Waals surface area contributed by atoms with Gasteiger partial charge in [-0.1, -0.05) is 23.2 Å². The van der Waals surface area contributed by atoms with Crippen LogP contribution in [0.25, 0.3) is 0 Å². The summed E-state index contributed by atoms with van der Waals surface area (Å²) in [4.78, 5) is 0. The highest BCUT2D eigenvalue weighted by Gasteiger charge is 2.23. The number of nitrogens with one attached hydrogen (secondary N) is 1. The summed E-state index contributed by atoms with van der Waals surface area (Å²) in [5.41, 5.74) is 3.49. The molecule has 0 aliphatic carbocycles. The van der Waals surface area contributed by atoms with Crippen molar-refractivity contribution in [1.29, 1.82) is 0 Å². The van der Waals surface area contributed by atoms with Crippen LogP contribution in [0.4, 0.5) is 4.39 Å². The van der Waals surface area contributed by atoms with Crippen molar-refractivity contribution in [2.45, 2.75) is 19.5 Å². The first-order valence-corrected chi connectivity index (χ1v) is 6.46. The van der Waals surface area contributed by atoms with E-state index in [2.05, 4.69) is 10.5 Å². The van der Waals surface area contributed by atoms with E-state index < -0.39 is 11.9 Å². The molecule has 7 heteroatoms. The minimum absolute atomic E-state index is 0.326. The fourth-order valence-corrected chi connectivity index (χ4v) is 2.39. The van der Waals surface area contributed by atoms with Gasteiger partial charge in [-0.2, -0.15) is 5.10 Å². The Hall–Kier alpha value is -1.14. The van der Waals surface area contributed by atoms with Gasteiger partial charge in [0.05, 0.1) is 23.0 Å². The van der Waals surface area contributed by atoms with E-state index in [-0.39, 0.29) is 0 Å². The van der Waals surface area contributed by atoms with Gasteiger partial charge in [0.15, 0.2) is 0 Å². The quantitative estimate of drug-likeness (QED) is 0.674. The van der Waals surface area contributed by atoms with Gasteiger partial charge in [0.25, 0.3) is 0 Å². The number of rotatable bonds is 4. The lowest BCUT2D eigenvalue weighted by Crippen LogP contribution is -2.31. The molecule has 0 fully saturated rings. The van der Waals surface area contributed by atoms with Crippen LogP contribution in [0.2, 0.25) is 10.0 Å². The predicted molar refractivity (Wildman–Crippen MR) is 73.5 cm³/mol. The summed E-state index contributed by atoms with van der Waals surface area (Å²) in [5.74, 6) is 5.14. The SMILES string of the molecule is CCn1ncc(Cl)c1C(NN)c1cc(Cl)ccc1F. The molecule has 0 aliphatic heterocycles. The molecule has 0 spiro atoms. The van der Waals surface area contributed by atoms with E-state index in [4.69, 9.17) is 29.0 Å². The van der Waals surface area contributed by atoms with Crippen LogP contribution in [0, 0.1) is 5.82 Å². The largest absolute Gasteiger partial charge is 0.271 e. The molecule has 4 nitrogen and oxygen atoms in total. The van der Waals surface area contributed by atoms with Gasteiger partial charge in [-0.05, 0) is 25.1 Å². The number of halogens is 3. The van der Waals surface area contributed by atoms with Gasteiger partial charge in [-0.15, -0.1) is 0 Å². The molecule has 102 valence electrons. The molecule has 0 aliphatic rings. The molecule has 0 saturated carbocycles. The second-order valence-electron chi connectivity index (χ2n) is 3.96. The Labute approximate surface area is 120 Å². The zero-order valence-electron chi connectivity index (χ0n) is 10.2. The molecule has 2 rings (SSSR count). The van der Waals surface area contributed by atoms with Crippen molar-refractivity contribution in [1.82, 2.24) is 15.2 Å². The minimum atomic E-state index is -0.617. The Morgan fingerprint density at radius 1 is 1.47 bits per heavy atom. The van der Waals surface area contributed by atoms with E-state index in [9.17, 15) is 4.39 Å². The van der Waals surface area contributed by atoms with Crippen LogP contribution in [-0.2, 0) is 6.54 Å². The van der Waals surface area contributed by atoms with Crippen LogP contribution in [-0.4, -0.2) is 9.78 Å². The van der Waals surface area contributed by atoms with Gasteiger partial charge in [-0.25, -0.2) is 9.82 Å². The average molecular weight is 303 g/mol. The summed E-state index contributed by atoms with van der Waals surface area (Å²) in [6.07, 6.45) is 1.51. The lowest BCUT2D eigenvalue weighted by atomic mass is 10.0. The number of nitrogens with two attached hydrogens (primary N) is 1. The molecule has 0 radical (unpaired) electrons. The van der Waals surface area contributed by atoms with Crippen molar-refractivity contribution in [2.24, 2.45) is 5.84 Å². The molecule has 1 unspecified atom stereocenters. The molecule has 19 heavy (non-hydrogen) atoms. The first kappa shape index (κ1) is 14.3. The van der Waals surface area contributed by atoms with Crippen molar-refractivity contribution >= 4 is 23.2 Å². The van der Waals surface area contributed by atoms with Crippen molar-refractivity contribution in [3.8, 4) is 0 Å². The molecular formula is C12H13Cl2FN4. The van der Waals surface area contributed by atoms with Gasteiger partial charge < -0.3 is 0 Å². The summed E-state index contributed by atoms with van der Waals surface area (Å²) in [6, 6.07) is 3.67. The van der Waals surface area contributed by atoms with E-state index in [1.54, 1.807) is 4.68 Å². The third-order valence-corrected chi connectivity index (χ3v) is 3.37. The van der Waals surface area contributed by atoms with Crippen molar-refractivity contribution < 1.29 is 4.39 Å². The van der Waals surface area contributed by atoms with Crippen LogP contribution in [0.1, 0.15) is 24.2 Å². The van der Waals surface area contributed by atoms with Crippen LogP contribution in [0.3, 0.4) is 0 Å². The smallest absolute Gasteiger partial charge is 0.128 e. The number of hydrogen-bond donors (Lipinski definition) is 2. The molecule has 1 aromatic heterocycles. The van der Waals surface area contributed by atoms with Crippen molar-refractivity contribution in [2.75, 3.05) is 0 Å². The average Bonchev–Trinajstić information content (AvgIpc) is 2.76. The predicted octanol–water partition coefficient (Wildman–Crippen LogP) is 2.90. The third kappa shape index (κ3) is 2.74. The summed E-state index contributed by atoms with van der Waals surface area (Å²) in [5, 5.41) is 4.96. The molecule has 0 bridgehead atoms. The molecule has 3 N–H and O–H groups in total. The maximum Gasteiger partial charge on any atom is 0.128 e. The Morgan fingerprint density at radius 2 is 2.21 bits per heavy atom. The van der Waals surface area contributed by atoms with Gasteiger partial charge in [0, 0.05) is 17.1 Å². The number of aromatic nitrogens is 2. The summed E-state index contributed by atoms with van der Waals surface area (Å²) < 4.78 is 15.6. The Morgan fingerprint density at radius 3 is 2.84 bits per heavy atom. The van der Waals surface area contributed by atoms with Crippen LogP contribution < -0.4 is 11.3 Å². The fourth-order valence-electron chi connectivity index (χ4n) is 1.96. The highest BCUT2D eigenvalue weighted by atomic mass is 35.5. The standard InChI is InChI=1S/C12H13Cl2FN4/c1-2-19-12(9(14)6-17-19)11(18-16)8-5-7(13)3-4-10(8)15/h3-6,11,18H,2,16H2,1H3. The van der Waals surface area contributed by atoms with E-state index in [1.165, 1.54) is 24.4 Å². The first-order valence-electron chi connectivity index (χ1n) is 5.70. The zero-order valence-corrected chi connectivity index (χ0v) is 11.7. The summed E-state index contributed by atoms with van der Waals surface area (Å²) in [6.45, 7) is 2.51. The highest BCUT2D eigenvalue weighted by molar-refractivity contribution is 6.31. The van der Waals surface area contributed by atoms with E-state index >= 15 is 0 Å². The number of nitrogens with zero attached hydrogens (tertiary/aromatic N) is 2. The Kier molecular flexibility index (Phi) is 4.42. The number of benzene rings is 1. The molecule has 0 amide bonds. The number of hydrogen-bond acceptors (Lipinski definition) is 3. The van der Waals surface area contributed by atoms with Gasteiger partial charge in [0.1, 0.15) is 5.82 Å². The second-order valence-corrected chi connectivity index (χ2v) is 4.80. The Bertz CT molecular complexity index is 585. The molecule has 2 aromatic rings. The normalized spacial score (nSPS) is 12.7. The lowest BCUT2D eigenvalue weighted by molar-refractivity contribution is 0.516. The molecule has 1 aromatic carbocycles. The third-order valence-electron chi connectivity index (χ3n) is 2.84. The van der Waals surface area contributed by atoms with E-state index in [0.29, 0.717) is 27.8 Å². The van der Waals surface area contributed by atoms with E-state index in [1.807, 2.05) is 6.92 Å². The van der Waals surface area contributed by atoms with Crippen molar-refractivity contribution in [3.63, 3.8) is 0 Å². The first-order chi connectivity index (χ1) is 9.08. The summed E-state index contributed by atoms with van der Waals surface area (Å²) >= 11 is 12.0. The van der Waals surface area contributed by atoms with Gasteiger partial charge in [-0.3, -0.25) is 10.5 Å². The molecule has 1 heterocycles. The topological polar surface area (TPSA) is 55.9 Å². The van der Waals surface area contributed by atoms with Crippen LogP contribution >= 0.6 is 23.2 Å². The van der Waals surface area contributed by atoms with Crippen molar-refractivity contribution in [3.05, 3.63) is 51.5 Å². The fraction of sp³-hybridized carbons (Fsp3) is 0.250. The van der Waals surface area contributed by atoms with Gasteiger partial charge in [0.2, 0.25) is 0 Å². The molecular weight excluding hydrogens is 290 g/mol. The van der Waals surface area contributed by atoms with Crippen LogP contribution in [0.5, 0.6) is 0 Å². The van der Waals surface area contributed by atoms with E-state index in [0.717, 1.165) is 0 Å². The molecule has 1 atom stereocenters. The number of aryl methyl sites for hydroxylation is 1. The monoisotopic (exact) mass is 302 g/mol. The van der Waals surface area contributed by atoms with Gasteiger partial charge >= 0.3 is 0 Å². The maximum absolute atomic E-state index is 13.9. The second kappa shape index (κ2) is 5.88.